The van der Waals surface area contributed by atoms with Crippen molar-refractivity contribution in [3.05, 3.63) is 53.3 Å². The maximum absolute atomic E-state index is 9.22. The highest BCUT2D eigenvalue weighted by Crippen LogP contribution is 2.21. The van der Waals surface area contributed by atoms with Gasteiger partial charge in [0.05, 0.1) is 16.9 Å². The van der Waals surface area contributed by atoms with E-state index < -0.39 is 0 Å². The molecule has 0 aliphatic carbocycles. The molecule has 0 bridgehead atoms. The average molecular weight is 263 g/mol. The summed E-state index contributed by atoms with van der Waals surface area (Å²) in [5, 5.41) is 13.2. The maximum Gasteiger partial charge on any atom is 0.115 e. The van der Waals surface area contributed by atoms with Crippen molar-refractivity contribution >= 4 is 17.3 Å². The van der Waals surface area contributed by atoms with Gasteiger partial charge in [0.25, 0.3) is 0 Å². The van der Waals surface area contributed by atoms with Gasteiger partial charge in [0.1, 0.15) is 5.75 Å². The van der Waals surface area contributed by atoms with E-state index in [2.05, 4.69) is 17.2 Å². The first-order chi connectivity index (χ1) is 8.65. The highest BCUT2D eigenvalue weighted by atomic mass is 35.5. The number of hydrogen-bond donors (Lipinski definition) is 2. The molecule has 18 heavy (non-hydrogen) atoms. The normalized spacial score (nSPS) is 12.1. The van der Waals surface area contributed by atoms with Crippen LogP contribution in [0.15, 0.2) is 42.7 Å². The molecule has 2 aromatic rings. The first kappa shape index (κ1) is 12.7. The van der Waals surface area contributed by atoms with Gasteiger partial charge in [-0.25, -0.2) is 0 Å². The number of benzene rings is 1. The summed E-state index contributed by atoms with van der Waals surface area (Å²) < 4.78 is 0. The highest BCUT2D eigenvalue weighted by molar-refractivity contribution is 6.33. The van der Waals surface area contributed by atoms with Gasteiger partial charge in [-0.3, -0.25) is 4.98 Å². The molecule has 1 heterocycles. The van der Waals surface area contributed by atoms with E-state index in [1.807, 2.05) is 12.1 Å². The number of nitrogens with one attached hydrogen (secondary N) is 1. The van der Waals surface area contributed by atoms with Gasteiger partial charge in [0.15, 0.2) is 0 Å². The van der Waals surface area contributed by atoms with Crippen LogP contribution in [0.1, 0.15) is 12.5 Å². The zero-order chi connectivity index (χ0) is 13.0. The molecular weight excluding hydrogens is 248 g/mol. The number of anilines is 1. The molecule has 0 fully saturated rings. The van der Waals surface area contributed by atoms with Gasteiger partial charge in [-0.05, 0) is 37.1 Å². The van der Waals surface area contributed by atoms with Crippen LogP contribution in [0.4, 0.5) is 5.69 Å². The quantitative estimate of drug-likeness (QED) is 0.887. The number of aromatic hydroxyl groups is 1. The average Bonchev–Trinajstić information content (AvgIpc) is 2.35. The SMILES string of the molecule is CC(Cc1ccc(O)cc1)Nc1cnccc1Cl. The number of halogens is 1. The summed E-state index contributed by atoms with van der Waals surface area (Å²) in [5.41, 5.74) is 2.00. The Morgan fingerprint density at radius 3 is 2.67 bits per heavy atom. The van der Waals surface area contributed by atoms with E-state index in [4.69, 9.17) is 11.6 Å². The van der Waals surface area contributed by atoms with Gasteiger partial charge in [-0.1, -0.05) is 23.7 Å². The van der Waals surface area contributed by atoms with Crippen LogP contribution in [0.3, 0.4) is 0 Å². The van der Waals surface area contributed by atoms with Gasteiger partial charge in [-0.2, -0.15) is 0 Å². The highest BCUT2D eigenvalue weighted by Gasteiger charge is 2.06. The Morgan fingerprint density at radius 1 is 1.28 bits per heavy atom. The number of aromatic nitrogens is 1. The fraction of sp³-hybridized carbons (Fsp3) is 0.214. The Morgan fingerprint density at radius 2 is 2.00 bits per heavy atom. The molecule has 2 rings (SSSR count). The summed E-state index contributed by atoms with van der Waals surface area (Å²) in [4.78, 5) is 4.04. The third-order valence-electron chi connectivity index (χ3n) is 2.65. The van der Waals surface area contributed by atoms with Gasteiger partial charge >= 0.3 is 0 Å². The monoisotopic (exact) mass is 262 g/mol. The Kier molecular flexibility index (Phi) is 4.05. The van der Waals surface area contributed by atoms with Gasteiger partial charge in [0, 0.05) is 12.2 Å². The van der Waals surface area contributed by atoms with Gasteiger partial charge in [0.2, 0.25) is 0 Å². The second-order valence-corrected chi connectivity index (χ2v) is 4.68. The van der Waals surface area contributed by atoms with Crippen LogP contribution in [0.2, 0.25) is 5.02 Å². The first-order valence-corrected chi connectivity index (χ1v) is 6.17. The van der Waals surface area contributed by atoms with Crippen molar-refractivity contribution in [2.75, 3.05) is 5.32 Å². The standard InChI is InChI=1S/C14H15ClN2O/c1-10(8-11-2-4-12(18)5-3-11)17-14-9-16-7-6-13(14)15/h2-7,9-10,17-18H,8H2,1H3. The number of phenolic OH excluding ortho intramolecular Hbond substituents is 1. The zero-order valence-corrected chi connectivity index (χ0v) is 10.9. The third-order valence-corrected chi connectivity index (χ3v) is 2.98. The van der Waals surface area contributed by atoms with Gasteiger partial charge < -0.3 is 10.4 Å². The minimum Gasteiger partial charge on any atom is -0.508 e. The second kappa shape index (κ2) is 5.74. The number of phenols is 1. The number of nitrogens with zero attached hydrogens (tertiary/aromatic N) is 1. The summed E-state index contributed by atoms with van der Waals surface area (Å²) in [6.45, 7) is 2.08. The lowest BCUT2D eigenvalue weighted by molar-refractivity contribution is 0.475. The molecule has 0 aliphatic rings. The summed E-state index contributed by atoms with van der Waals surface area (Å²) in [7, 11) is 0. The molecule has 1 atom stereocenters. The molecule has 1 unspecified atom stereocenters. The van der Waals surface area contributed by atoms with E-state index in [1.54, 1.807) is 30.6 Å². The molecule has 4 heteroatoms. The molecule has 1 aromatic heterocycles. The molecule has 0 spiro atoms. The van der Waals surface area contributed by atoms with Crippen LogP contribution in [-0.4, -0.2) is 16.1 Å². The largest absolute Gasteiger partial charge is 0.508 e. The van der Waals surface area contributed by atoms with E-state index in [-0.39, 0.29) is 11.8 Å². The van der Waals surface area contributed by atoms with Crippen molar-refractivity contribution < 1.29 is 5.11 Å². The molecule has 2 N–H and O–H groups in total. The molecule has 0 saturated carbocycles. The predicted octanol–water partition coefficient (Wildman–Crippen LogP) is 3.48. The van der Waals surface area contributed by atoms with Crippen LogP contribution in [-0.2, 0) is 6.42 Å². The Balaban J connectivity index is 1.99. The van der Waals surface area contributed by atoms with Crippen LogP contribution in [0.5, 0.6) is 5.75 Å². The third kappa shape index (κ3) is 3.37. The molecule has 0 saturated heterocycles. The van der Waals surface area contributed by atoms with Crippen molar-refractivity contribution in [3.63, 3.8) is 0 Å². The van der Waals surface area contributed by atoms with E-state index in [0.29, 0.717) is 5.02 Å². The Labute approximate surface area is 111 Å². The lowest BCUT2D eigenvalue weighted by Crippen LogP contribution is -2.18. The van der Waals surface area contributed by atoms with Crippen molar-refractivity contribution in [3.8, 4) is 5.75 Å². The van der Waals surface area contributed by atoms with Crippen LogP contribution >= 0.6 is 11.6 Å². The number of pyridine rings is 1. The lowest BCUT2D eigenvalue weighted by Gasteiger charge is -2.16. The zero-order valence-electron chi connectivity index (χ0n) is 10.1. The minimum absolute atomic E-state index is 0.233. The topological polar surface area (TPSA) is 45.1 Å². The van der Waals surface area contributed by atoms with E-state index in [9.17, 15) is 5.11 Å². The lowest BCUT2D eigenvalue weighted by atomic mass is 10.1. The second-order valence-electron chi connectivity index (χ2n) is 4.27. The fourth-order valence-corrected chi connectivity index (χ4v) is 1.95. The van der Waals surface area contributed by atoms with Crippen molar-refractivity contribution in [2.45, 2.75) is 19.4 Å². The summed E-state index contributed by atoms with van der Waals surface area (Å²) in [6.07, 6.45) is 4.24. The van der Waals surface area contributed by atoms with E-state index >= 15 is 0 Å². The first-order valence-electron chi connectivity index (χ1n) is 5.79. The molecule has 1 aromatic carbocycles. The Bertz CT molecular complexity index is 513. The van der Waals surface area contributed by atoms with E-state index in [1.165, 1.54) is 0 Å². The smallest absolute Gasteiger partial charge is 0.115 e. The van der Waals surface area contributed by atoms with Crippen LogP contribution in [0.25, 0.3) is 0 Å². The molecular formula is C14H15ClN2O. The molecule has 0 radical (unpaired) electrons. The Hall–Kier alpha value is -1.74. The number of hydrogen-bond acceptors (Lipinski definition) is 3. The molecule has 3 nitrogen and oxygen atoms in total. The van der Waals surface area contributed by atoms with Crippen molar-refractivity contribution in [1.29, 1.82) is 0 Å². The summed E-state index contributed by atoms with van der Waals surface area (Å²) in [6, 6.07) is 9.21. The summed E-state index contributed by atoms with van der Waals surface area (Å²) in [5.74, 6) is 0.287. The van der Waals surface area contributed by atoms with Crippen molar-refractivity contribution in [2.24, 2.45) is 0 Å². The number of rotatable bonds is 4. The van der Waals surface area contributed by atoms with Crippen LogP contribution < -0.4 is 5.32 Å². The van der Waals surface area contributed by atoms with Crippen LogP contribution in [0, 0.1) is 0 Å². The maximum atomic E-state index is 9.22. The fourth-order valence-electron chi connectivity index (χ4n) is 1.79. The summed E-state index contributed by atoms with van der Waals surface area (Å²) >= 11 is 6.06. The molecule has 0 aliphatic heterocycles. The molecule has 94 valence electrons. The van der Waals surface area contributed by atoms with Crippen molar-refractivity contribution in [1.82, 2.24) is 4.98 Å². The molecule has 0 amide bonds. The predicted molar refractivity (Wildman–Crippen MR) is 74.1 cm³/mol. The minimum atomic E-state index is 0.233. The van der Waals surface area contributed by atoms with E-state index in [0.717, 1.165) is 17.7 Å². The van der Waals surface area contributed by atoms with Gasteiger partial charge in [-0.15, -0.1) is 0 Å².